The molecule has 1 aromatic rings. The van der Waals surface area contributed by atoms with Crippen LogP contribution in [0.2, 0.25) is 0 Å². The molecule has 1 atom stereocenters. The Labute approximate surface area is 109 Å². The summed E-state index contributed by atoms with van der Waals surface area (Å²) in [6, 6.07) is 2.55. The highest BCUT2D eigenvalue weighted by molar-refractivity contribution is 5.76. The smallest absolute Gasteiger partial charge is 0.387 e. The first-order valence-electron chi connectivity index (χ1n) is 4.86. The molecule has 106 valence electrons. The quantitative estimate of drug-likeness (QED) is 0.613. The zero-order valence-corrected chi connectivity index (χ0v) is 9.49. The van der Waals surface area contributed by atoms with Crippen LogP contribution in [0.3, 0.4) is 0 Å². The number of aliphatic hydroxyl groups is 1. The molecule has 0 amide bonds. The van der Waals surface area contributed by atoms with Crippen molar-refractivity contribution < 1.29 is 33.4 Å². The van der Waals surface area contributed by atoms with Crippen molar-refractivity contribution in [3.8, 4) is 11.8 Å². The number of carbonyl (C=O) groups is 1. The number of rotatable bonds is 5. The van der Waals surface area contributed by atoms with E-state index in [9.17, 15) is 28.8 Å². The van der Waals surface area contributed by atoms with Crippen molar-refractivity contribution in [3.05, 3.63) is 33.4 Å². The van der Waals surface area contributed by atoms with Crippen molar-refractivity contribution >= 4 is 11.7 Å². The van der Waals surface area contributed by atoms with Crippen LogP contribution in [0.25, 0.3) is 0 Å². The van der Waals surface area contributed by atoms with Crippen LogP contribution in [-0.4, -0.2) is 27.7 Å². The fourth-order valence-electron chi connectivity index (χ4n) is 1.38. The van der Waals surface area contributed by atoms with Gasteiger partial charge in [0.25, 0.3) is 5.69 Å². The summed E-state index contributed by atoms with van der Waals surface area (Å²) >= 11 is 0. The van der Waals surface area contributed by atoms with Crippen LogP contribution < -0.4 is 4.74 Å². The molecule has 8 nitrogen and oxygen atoms in total. The normalized spacial score (nSPS) is 11.8. The van der Waals surface area contributed by atoms with Crippen LogP contribution in [0, 0.1) is 21.4 Å². The van der Waals surface area contributed by atoms with Crippen LogP contribution in [0.15, 0.2) is 12.1 Å². The number of nitriles is 1. The Morgan fingerprint density at radius 3 is 2.50 bits per heavy atom. The number of aliphatic hydroxyl groups excluding tert-OH is 1. The molecule has 0 heterocycles. The van der Waals surface area contributed by atoms with Crippen LogP contribution in [0.5, 0.6) is 5.75 Å². The van der Waals surface area contributed by atoms with Gasteiger partial charge in [0.05, 0.1) is 4.92 Å². The van der Waals surface area contributed by atoms with Crippen molar-refractivity contribution in [2.75, 3.05) is 0 Å². The van der Waals surface area contributed by atoms with Crippen molar-refractivity contribution in [1.82, 2.24) is 0 Å². The summed E-state index contributed by atoms with van der Waals surface area (Å²) in [5.74, 6) is -2.75. The Kier molecular flexibility index (Phi) is 4.50. The molecule has 0 spiro atoms. The molecule has 0 saturated carbocycles. The molecule has 1 rings (SSSR count). The lowest BCUT2D eigenvalue weighted by atomic mass is 10.0. The topological polar surface area (TPSA) is 134 Å². The molecule has 0 bridgehead atoms. The minimum atomic E-state index is -3.40. The lowest BCUT2D eigenvalue weighted by Crippen LogP contribution is -2.15. The summed E-state index contributed by atoms with van der Waals surface area (Å²) in [6.07, 6.45) is -2.35. The number of hydrogen-bond donors (Lipinski definition) is 2. The Balaban J connectivity index is 3.57. The van der Waals surface area contributed by atoms with E-state index in [0.717, 1.165) is 0 Å². The molecule has 2 N–H and O–H groups in total. The number of alkyl halides is 2. The Morgan fingerprint density at radius 1 is 1.50 bits per heavy atom. The zero-order valence-electron chi connectivity index (χ0n) is 9.49. The molecular weight excluding hydrogens is 282 g/mol. The summed E-state index contributed by atoms with van der Waals surface area (Å²) in [5, 5.41) is 37.4. The van der Waals surface area contributed by atoms with Gasteiger partial charge in [-0.15, -0.1) is 0 Å². The van der Waals surface area contributed by atoms with Crippen LogP contribution in [0.1, 0.15) is 17.2 Å². The van der Waals surface area contributed by atoms with Gasteiger partial charge < -0.3 is 14.9 Å². The van der Waals surface area contributed by atoms with Crippen molar-refractivity contribution in [2.45, 2.75) is 12.7 Å². The van der Waals surface area contributed by atoms with Gasteiger partial charge in [-0.05, 0) is 0 Å². The van der Waals surface area contributed by atoms with Gasteiger partial charge in [0.2, 0.25) is 0 Å². The summed E-state index contributed by atoms with van der Waals surface area (Å²) in [7, 11) is 0. The molecule has 0 fully saturated rings. The number of nitrogens with zero attached hydrogens (tertiary/aromatic N) is 2. The maximum absolute atomic E-state index is 12.2. The Hall–Kier alpha value is -2.80. The fourth-order valence-corrected chi connectivity index (χ4v) is 1.38. The van der Waals surface area contributed by atoms with Gasteiger partial charge in [0.1, 0.15) is 11.6 Å². The molecular formula is C10H6F2N2O6. The first kappa shape index (κ1) is 15.3. The number of ether oxygens (including phenoxy) is 1. The third kappa shape index (κ3) is 3.15. The minimum absolute atomic E-state index is 0.553. The summed E-state index contributed by atoms with van der Waals surface area (Å²) in [6.45, 7) is -3.40. The van der Waals surface area contributed by atoms with E-state index < -0.39 is 46.2 Å². The lowest BCUT2D eigenvalue weighted by molar-refractivity contribution is -0.385. The highest BCUT2D eigenvalue weighted by atomic mass is 19.3. The second-order valence-corrected chi connectivity index (χ2v) is 3.40. The maximum atomic E-state index is 12.2. The molecule has 20 heavy (non-hydrogen) atoms. The van der Waals surface area contributed by atoms with Gasteiger partial charge >= 0.3 is 12.6 Å². The van der Waals surface area contributed by atoms with Gasteiger partial charge in [0, 0.05) is 17.7 Å². The second kappa shape index (κ2) is 5.89. The third-order valence-electron chi connectivity index (χ3n) is 2.17. The van der Waals surface area contributed by atoms with Gasteiger partial charge in [-0.3, -0.25) is 10.1 Å². The van der Waals surface area contributed by atoms with Gasteiger partial charge in [-0.2, -0.15) is 14.0 Å². The SMILES string of the molecule is N#Cc1cc([N+](=O)[O-])cc(C(O)C(=O)O)c1OC(F)F. The molecule has 0 aromatic heterocycles. The maximum Gasteiger partial charge on any atom is 0.387 e. The predicted molar refractivity (Wildman–Crippen MR) is 57.0 cm³/mol. The number of non-ortho nitro benzene ring substituents is 1. The van der Waals surface area contributed by atoms with Crippen molar-refractivity contribution in [2.24, 2.45) is 0 Å². The molecule has 1 unspecified atom stereocenters. The summed E-state index contributed by atoms with van der Waals surface area (Å²) in [4.78, 5) is 20.3. The van der Waals surface area contributed by atoms with E-state index in [1.807, 2.05) is 0 Å². The molecule has 0 saturated heterocycles. The average molecular weight is 288 g/mol. The van der Waals surface area contributed by atoms with E-state index in [4.69, 9.17) is 10.4 Å². The highest BCUT2D eigenvalue weighted by Gasteiger charge is 2.28. The fraction of sp³-hybridized carbons (Fsp3) is 0.200. The molecule has 10 heteroatoms. The molecule has 0 aliphatic carbocycles. The van der Waals surface area contributed by atoms with Crippen LogP contribution >= 0.6 is 0 Å². The lowest BCUT2D eigenvalue weighted by Gasteiger charge is -2.14. The predicted octanol–water partition coefficient (Wildman–Crippen LogP) is 1.19. The molecule has 0 radical (unpaired) electrons. The van der Waals surface area contributed by atoms with Crippen LogP contribution in [0.4, 0.5) is 14.5 Å². The number of carboxylic acids is 1. The van der Waals surface area contributed by atoms with E-state index in [1.54, 1.807) is 0 Å². The van der Waals surface area contributed by atoms with E-state index in [-0.39, 0.29) is 0 Å². The number of carboxylic acid groups (broad SMARTS) is 1. The van der Waals surface area contributed by atoms with E-state index in [1.165, 1.54) is 6.07 Å². The Bertz CT molecular complexity index is 598. The third-order valence-corrected chi connectivity index (χ3v) is 2.17. The molecule has 1 aromatic carbocycles. The zero-order chi connectivity index (χ0) is 15.4. The molecule has 0 aliphatic heterocycles. The number of nitro groups is 1. The van der Waals surface area contributed by atoms with E-state index in [2.05, 4.69) is 4.74 Å². The number of halogens is 2. The first-order chi connectivity index (χ1) is 9.27. The minimum Gasteiger partial charge on any atom is -0.479 e. The van der Waals surface area contributed by atoms with Crippen molar-refractivity contribution in [1.29, 1.82) is 5.26 Å². The highest BCUT2D eigenvalue weighted by Crippen LogP contribution is 2.34. The monoisotopic (exact) mass is 288 g/mol. The number of hydrogen-bond acceptors (Lipinski definition) is 6. The Morgan fingerprint density at radius 2 is 2.10 bits per heavy atom. The largest absolute Gasteiger partial charge is 0.479 e. The number of benzene rings is 1. The molecule has 0 aliphatic rings. The van der Waals surface area contributed by atoms with Gasteiger partial charge in [-0.25, -0.2) is 4.79 Å². The van der Waals surface area contributed by atoms with Crippen molar-refractivity contribution in [3.63, 3.8) is 0 Å². The standard InChI is InChI=1S/C10H6F2N2O6/c11-10(12)20-8-4(3-13)1-5(14(18)19)2-6(8)7(15)9(16)17/h1-2,7,10,15H,(H,16,17). The second-order valence-electron chi connectivity index (χ2n) is 3.40. The van der Waals surface area contributed by atoms with Gasteiger partial charge in [-0.1, -0.05) is 0 Å². The van der Waals surface area contributed by atoms with E-state index in [0.29, 0.717) is 12.1 Å². The first-order valence-corrected chi connectivity index (χ1v) is 4.86. The average Bonchev–Trinajstić information content (AvgIpc) is 2.36. The number of nitro benzene ring substituents is 1. The van der Waals surface area contributed by atoms with Crippen LogP contribution in [-0.2, 0) is 4.79 Å². The van der Waals surface area contributed by atoms with E-state index >= 15 is 0 Å². The summed E-state index contributed by atoms with van der Waals surface area (Å²) in [5.41, 5.74) is -2.23. The number of aliphatic carboxylic acids is 1. The summed E-state index contributed by atoms with van der Waals surface area (Å²) < 4.78 is 28.5. The van der Waals surface area contributed by atoms with Gasteiger partial charge in [0.15, 0.2) is 11.9 Å².